The standard InChI is InChI=1S/C23H28N4OS/c1-4-19(5-2)24-22(28)16-29-23-26-25-21(15-18-11-7-6-8-12-18)27(23)20-13-9-10-17(3)14-20/h6-14,19H,4-5,15-16H2,1-3H3,(H,24,28). The van der Waals surface area contributed by atoms with Gasteiger partial charge in [-0.15, -0.1) is 10.2 Å². The Hall–Kier alpha value is -2.60. The topological polar surface area (TPSA) is 59.8 Å². The monoisotopic (exact) mass is 408 g/mol. The first-order valence-corrected chi connectivity index (χ1v) is 11.1. The average molecular weight is 409 g/mol. The van der Waals surface area contributed by atoms with Gasteiger partial charge in [-0.3, -0.25) is 9.36 Å². The highest BCUT2D eigenvalue weighted by atomic mass is 32.2. The van der Waals surface area contributed by atoms with Crippen molar-refractivity contribution < 1.29 is 4.79 Å². The van der Waals surface area contributed by atoms with E-state index in [2.05, 4.69) is 71.2 Å². The number of carbonyl (C=O) groups excluding carboxylic acids is 1. The van der Waals surface area contributed by atoms with Crippen molar-refractivity contribution in [1.29, 1.82) is 0 Å². The maximum Gasteiger partial charge on any atom is 0.230 e. The molecular weight excluding hydrogens is 380 g/mol. The molecule has 0 aliphatic carbocycles. The molecule has 29 heavy (non-hydrogen) atoms. The molecule has 3 rings (SSSR count). The Labute approximate surface area is 176 Å². The van der Waals surface area contributed by atoms with Crippen LogP contribution in [0.15, 0.2) is 59.8 Å². The third-order valence-corrected chi connectivity index (χ3v) is 5.78. The van der Waals surface area contributed by atoms with Crippen molar-refractivity contribution in [2.45, 2.75) is 51.2 Å². The van der Waals surface area contributed by atoms with Crippen LogP contribution in [-0.4, -0.2) is 32.5 Å². The molecule has 0 unspecified atom stereocenters. The summed E-state index contributed by atoms with van der Waals surface area (Å²) in [6.45, 7) is 6.25. The Morgan fingerprint density at radius 3 is 2.52 bits per heavy atom. The molecule has 0 bridgehead atoms. The predicted octanol–water partition coefficient (Wildman–Crippen LogP) is 4.56. The van der Waals surface area contributed by atoms with Crippen LogP contribution in [0.5, 0.6) is 0 Å². The first-order chi connectivity index (χ1) is 14.1. The zero-order chi connectivity index (χ0) is 20.6. The van der Waals surface area contributed by atoms with Gasteiger partial charge in [-0.05, 0) is 43.0 Å². The van der Waals surface area contributed by atoms with Crippen LogP contribution in [0.3, 0.4) is 0 Å². The number of nitrogens with one attached hydrogen (secondary N) is 1. The lowest BCUT2D eigenvalue weighted by Crippen LogP contribution is -2.35. The van der Waals surface area contributed by atoms with Crippen molar-refractivity contribution in [3.05, 3.63) is 71.5 Å². The minimum atomic E-state index is 0.0344. The zero-order valence-electron chi connectivity index (χ0n) is 17.3. The lowest BCUT2D eigenvalue weighted by molar-refractivity contribution is -0.119. The number of hydrogen-bond donors (Lipinski definition) is 1. The van der Waals surface area contributed by atoms with Crippen LogP contribution in [-0.2, 0) is 11.2 Å². The molecule has 0 radical (unpaired) electrons. The van der Waals surface area contributed by atoms with Gasteiger partial charge < -0.3 is 5.32 Å². The summed E-state index contributed by atoms with van der Waals surface area (Å²) in [5.74, 6) is 1.23. The van der Waals surface area contributed by atoms with Crippen LogP contribution in [0.4, 0.5) is 0 Å². The van der Waals surface area contributed by atoms with Crippen molar-refractivity contribution in [1.82, 2.24) is 20.1 Å². The van der Waals surface area contributed by atoms with Crippen molar-refractivity contribution in [3.8, 4) is 5.69 Å². The molecule has 0 atom stereocenters. The van der Waals surface area contributed by atoms with E-state index in [1.807, 2.05) is 24.3 Å². The summed E-state index contributed by atoms with van der Waals surface area (Å²) in [7, 11) is 0. The Morgan fingerprint density at radius 1 is 1.07 bits per heavy atom. The lowest BCUT2D eigenvalue weighted by Gasteiger charge is -2.15. The summed E-state index contributed by atoms with van der Waals surface area (Å²) in [6.07, 6.45) is 2.56. The fourth-order valence-electron chi connectivity index (χ4n) is 3.21. The van der Waals surface area contributed by atoms with Crippen LogP contribution in [0, 0.1) is 6.92 Å². The summed E-state index contributed by atoms with van der Waals surface area (Å²) in [6, 6.07) is 18.7. The third kappa shape index (κ3) is 5.70. The van der Waals surface area contributed by atoms with E-state index in [9.17, 15) is 4.79 Å². The van der Waals surface area contributed by atoms with Crippen molar-refractivity contribution >= 4 is 17.7 Å². The van der Waals surface area contributed by atoms with Crippen LogP contribution >= 0.6 is 11.8 Å². The summed E-state index contributed by atoms with van der Waals surface area (Å²) < 4.78 is 2.06. The Balaban J connectivity index is 1.84. The van der Waals surface area contributed by atoms with E-state index in [1.54, 1.807) is 0 Å². The van der Waals surface area contributed by atoms with Gasteiger partial charge in [-0.25, -0.2) is 0 Å². The minimum Gasteiger partial charge on any atom is -0.353 e. The van der Waals surface area contributed by atoms with Gasteiger partial charge in [0.05, 0.1) is 5.75 Å². The second kappa shape index (κ2) is 10.3. The molecule has 1 aromatic heterocycles. The molecule has 5 nitrogen and oxygen atoms in total. The molecule has 0 spiro atoms. The van der Waals surface area contributed by atoms with Gasteiger partial charge in [0.25, 0.3) is 0 Å². The van der Waals surface area contributed by atoms with E-state index >= 15 is 0 Å². The van der Waals surface area contributed by atoms with Gasteiger partial charge in [-0.1, -0.05) is 68.1 Å². The van der Waals surface area contributed by atoms with E-state index in [0.717, 1.165) is 29.5 Å². The maximum atomic E-state index is 12.4. The van der Waals surface area contributed by atoms with Crippen LogP contribution < -0.4 is 5.32 Å². The Morgan fingerprint density at radius 2 is 1.83 bits per heavy atom. The van der Waals surface area contributed by atoms with Gasteiger partial charge in [0.1, 0.15) is 5.82 Å². The maximum absolute atomic E-state index is 12.4. The van der Waals surface area contributed by atoms with E-state index in [4.69, 9.17) is 0 Å². The van der Waals surface area contributed by atoms with Gasteiger partial charge >= 0.3 is 0 Å². The predicted molar refractivity (Wildman–Crippen MR) is 119 cm³/mol. The van der Waals surface area contributed by atoms with Gasteiger partial charge in [-0.2, -0.15) is 0 Å². The highest BCUT2D eigenvalue weighted by Gasteiger charge is 2.17. The summed E-state index contributed by atoms with van der Waals surface area (Å²) in [5, 5.41) is 12.7. The fraction of sp³-hybridized carbons (Fsp3) is 0.348. The molecule has 3 aromatic rings. The molecule has 6 heteroatoms. The summed E-state index contributed by atoms with van der Waals surface area (Å²) in [5.41, 5.74) is 3.37. The fourth-order valence-corrected chi connectivity index (χ4v) is 3.99. The number of rotatable bonds is 9. The van der Waals surface area contributed by atoms with Gasteiger partial charge in [0.15, 0.2) is 5.16 Å². The SMILES string of the molecule is CCC(CC)NC(=O)CSc1nnc(Cc2ccccc2)n1-c1cccc(C)c1. The second-order valence-electron chi connectivity index (χ2n) is 7.11. The summed E-state index contributed by atoms with van der Waals surface area (Å²) in [4.78, 5) is 12.4. The zero-order valence-corrected chi connectivity index (χ0v) is 18.1. The van der Waals surface area contributed by atoms with Crippen molar-refractivity contribution in [2.24, 2.45) is 0 Å². The van der Waals surface area contributed by atoms with E-state index < -0.39 is 0 Å². The molecule has 1 N–H and O–H groups in total. The number of hydrogen-bond acceptors (Lipinski definition) is 4. The summed E-state index contributed by atoms with van der Waals surface area (Å²) >= 11 is 1.43. The first kappa shape index (κ1) is 21.1. The highest BCUT2D eigenvalue weighted by molar-refractivity contribution is 7.99. The number of aromatic nitrogens is 3. The van der Waals surface area contributed by atoms with Crippen LogP contribution in [0.25, 0.3) is 5.69 Å². The number of benzene rings is 2. The smallest absolute Gasteiger partial charge is 0.230 e. The van der Waals surface area contributed by atoms with Gasteiger partial charge in [0, 0.05) is 18.2 Å². The van der Waals surface area contributed by atoms with Gasteiger partial charge in [0.2, 0.25) is 5.91 Å². The Kier molecular flexibility index (Phi) is 7.47. The third-order valence-electron chi connectivity index (χ3n) is 4.85. The average Bonchev–Trinajstić information content (AvgIpc) is 3.13. The number of amides is 1. The molecule has 0 aliphatic heterocycles. The van der Waals surface area contributed by atoms with E-state index in [-0.39, 0.29) is 11.9 Å². The molecule has 1 heterocycles. The first-order valence-electron chi connectivity index (χ1n) is 10.1. The lowest BCUT2D eigenvalue weighted by atomic mass is 10.1. The number of carbonyl (C=O) groups is 1. The normalized spacial score (nSPS) is 11.0. The quantitative estimate of drug-likeness (QED) is 0.527. The minimum absolute atomic E-state index is 0.0344. The van der Waals surface area contributed by atoms with Crippen LogP contribution in [0.2, 0.25) is 0 Å². The Bertz CT molecular complexity index is 935. The van der Waals surface area contributed by atoms with E-state index in [0.29, 0.717) is 12.2 Å². The number of aryl methyl sites for hydroxylation is 1. The molecule has 2 aromatic carbocycles. The van der Waals surface area contributed by atoms with Crippen molar-refractivity contribution in [3.63, 3.8) is 0 Å². The highest BCUT2D eigenvalue weighted by Crippen LogP contribution is 2.24. The molecule has 152 valence electrons. The molecule has 0 saturated carbocycles. The van der Waals surface area contributed by atoms with E-state index in [1.165, 1.54) is 22.9 Å². The largest absolute Gasteiger partial charge is 0.353 e. The molecule has 0 aliphatic rings. The number of thioether (sulfide) groups is 1. The number of nitrogens with zero attached hydrogens (tertiary/aromatic N) is 3. The second-order valence-corrected chi connectivity index (χ2v) is 8.05. The van der Waals surface area contributed by atoms with Crippen molar-refractivity contribution in [2.75, 3.05) is 5.75 Å². The van der Waals surface area contributed by atoms with Crippen LogP contribution in [0.1, 0.15) is 43.6 Å². The molecule has 1 amide bonds. The molecular formula is C23H28N4OS. The molecule has 0 fully saturated rings. The molecule has 0 saturated heterocycles.